The first kappa shape index (κ1) is 18.6. The minimum Gasteiger partial charge on any atom is -0.382 e. The second-order valence-corrected chi connectivity index (χ2v) is 6.51. The van der Waals surface area contributed by atoms with Gasteiger partial charge in [-0.3, -0.25) is 9.78 Å². The summed E-state index contributed by atoms with van der Waals surface area (Å²) < 4.78 is 28.4. The maximum absolute atomic E-state index is 14.4. The van der Waals surface area contributed by atoms with Crippen LogP contribution >= 0.6 is 0 Å². The van der Waals surface area contributed by atoms with E-state index in [4.69, 9.17) is 0 Å². The largest absolute Gasteiger partial charge is 0.382 e. The Morgan fingerprint density at radius 2 is 1.93 bits per heavy atom. The molecule has 29 heavy (non-hydrogen) atoms. The highest BCUT2D eigenvalue weighted by Gasteiger charge is 2.27. The number of nitrogens with zero attached hydrogens (tertiary/aromatic N) is 1. The van der Waals surface area contributed by atoms with Crippen molar-refractivity contribution in [3.05, 3.63) is 89.9 Å². The van der Waals surface area contributed by atoms with Gasteiger partial charge in [0.15, 0.2) is 0 Å². The van der Waals surface area contributed by atoms with Crippen LogP contribution in [0.1, 0.15) is 11.3 Å². The number of benzene rings is 2. The predicted octanol–water partition coefficient (Wildman–Crippen LogP) is 4.42. The summed E-state index contributed by atoms with van der Waals surface area (Å²) in [5, 5.41) is 8.51. The van der Waals surface area contributed by atoms with E-state index in [1.165, 1.54) is 24.4 Å². The van der Waals surface area contributed by atoms with Gasteiger partial charge >= 0.3 is 0 Å². The van der Waals surface area contributed by atoms with Crippen LogP contribution in [0.2, 0.25) is 0 Å². The van der Waals surface area contributed by atoms with E-state index >= 15 is 0 Å². The van der Waals surface area contributed by atoms with Gasteiger partial charge in [-0.25, -0.2) is 8.78 Å². The Kier molecular flexibility index (Phi) is 5.20. The van der Waals surface area contributed by atoms with Crippen LogP contribution in [0.15, 0.2) is 67.0 Å². The summed E-state index contributed by atoms with van der Waals surface area (Å²) in [4.78, 5) is 16.3. The molecule has 4 rings (SSSR count). The van der Waals surface area contributed by atoms with E-state index in [0.717, 1.165) is 5.69 Å². The van der Waals surface area contributed by atoms with Gasteiger partial charge in [0.1, 0.15) is 11.6 Å². The fraction of sp³-hybridized carbons (Fsp3) is 0.0909. The normalized spacial score (nSPS) is 13.9. The van der Waals surface area contributed by atoms with E-state index in [1.54, 1.807) is 24.4 Å². The summed E-state index contributed by atoms with van der Waals surface area (Å²) in [5.74, 6) is -1.34. The van der Waals surface area contributed by atoms with Gasteiger partial charge in [0, 0.05) is 42.3 Å². The molecule has 1 amide bonds. The molecule has 1 aliphatic rings. The van der Waals surface area contributed by atoms with E-state index < -0.39 is 17.5 Å². The van der Waals surface area contributed by atoms with Crippen molar-refractivity contribution < 1.29 is 13.6 Å². The zero-order valence-corrected chi connectivity index (χ0v) is 15.4. The van der Waals surface area contributed by atoms with Crippen LogP contribution < -0.4 is 16.0 Å². The first-order valence-corrected chi connectivity index (χ1v) is 9.12. The Hall–Kier alpha value is -3.74. The molecule has 2 heterocycles. The Morgan fingerprint density at radius 3 is 2.72 bits per heavy atom. The van der Waals surface area contributed by atoms with Gasteiger partial charge in [-0.05, 0) is 42.5 Å². The number of fused-ring (bicyclic) bond motifs is 1. The fourth-order valence-electron chi connectivity index (χ4n) is 3.12. The van der Waals surface area contributed by atoms with E-state index in [2.05, 4.69) is 20.9 Å². The van der Waals surface area contributed by atoms with Crippen molar-refractivity contribution in [1.82, 2.24) is 4.98 Å². The standard InChI is InChI=1S/C22H18F2N4O/c23-17-5-3-6-20-21(17)16(22(29)28-20)13-27-15-7-8-19(18(24)12-15)26-11-9-14-4-1-2-10-25-14/h1-8,10,12-13,26-27H,9,11H2,(H,28,29)/b16-13+. The third-order valence-corrected chi connectivity index (χ3v) is 4.55. The lowest BCUT2D eigenvalue weighted by Crippen LogP contribution is -2.07. The van der Waals surface area contributed by atoms with Crippen LogP contribution in [0.4, 0.5) is 25.8 Å². The van der Waals surface area contributed by atoms with Crippen molar-refractivity contribution in [3.63, 3.8) is 0 Å². The molecule has 7 heteroatoms. The molecule has 0 radical (unpaired) electrons. The number of halogens is 2. The average molecular weight is 392 g/mol. The Labute approximate surface area is 166 Å². The van der Waals surface area contributed by atoms with Crippen molar-refractivity contribution in [1.29, 1.82) is 0 Å². The SMILES string of the molecule is O=C1Nc2cccc(F)c2/C1=C\Nc1ccc(NCCc2ccccn2)c(F)c1. The topological polar surface area (TPSA) is 66.1 Å². The van der Waals surface area contributed by atoms with E-state index in [9.17, 15) is 13.6 Å². The van der Waals surface area contributed by atoms with Crippen LogP contribution in [-0.4, -0.2) is 17.4 Å². The third kappa shape index (κ3) is 4.08. The number of anilines is 3. The van der Waals surface area contributed by atoms with Gasteiger partial charge in [-0.1, -0.05) is 12.1 Å². The number of aromatic nitrogens is 1. The first-order valence-electron chi connectivity index (χ1n) is 9.12. The summed E-state index contributed by atoms with van der Waals surface area (Å²) in [7, 11) is 0. The summed E-state index contributed by atoms with van der Waals surface area (Å²) in [6, 6.07) is 14.7. The predicted molar refractivity (Wildman–Crippen MR) is 109 cm³/mol. The second-order valence-electron chi connectivity index (χ2n) is 6.51. The Bertz CT molecular complexity index is 1080. The number of nitrogens with one attached hydrogen (secondary N) is 3. The van der Waals surface area contributed by atoms with Crippen LogP contribution in [0.5, 0.6) is 0 Å². The van der Waals surface area contributed by atoms with Gasteiger partial charge in [0.2, 0.25) is 0 Å². The van der Waals surface area contributed by atoms with Gasteiger partial charge in [-0.2, -0.15) is 0 Å². The monoisotopic (exact) mass is 392 g/mol. The third-order valence-electron chi connectivity index (χ3n) is 4.55. The summed E-state index contributed by atoms with van der Waals surface area (Å²) in [6.45, 7) is 0.543. The number of carbonyl (C=O) groups excluding carboxylic acids is 1. The van der Waals surface area contributed by atoms with Crippen molar-refractivity contribution in [2.75, 3.05) is 22.5 Å². The van der Waals surface area contributed by atoms with E-state index in [-0.39, 0.29) is 11.1 Å². The summed E-state index contributed by atoms with van der Waals surface area (Å²) >= 11 is 0. The lowest BCUT2D eigenvalue weighted by atomic mass is 10.1. The molecule has 2 aromatic carbocycles. The maximum atomic E-state index is 14.4. The van der Waals surface area contributed by atoms with E-state index in [0.29, 0.717) is 30.0 Å². The number of rotatable bonds is 6. The lowest BCUT2D eigenvalue weighted by molar-refractivity contribution is -0.110. The van der Waals surface area contributed by atoms with Crippen LogP contribution in [0.25, 0.3) is 5.57 Å². The quantitative estimate of drug-likeness (QED) is 0.544. The average Bonchev–Trinajstić information content (AvgIpc) is 3.05. The molecule has 146 valence electrons. The minimum absolute atomic E-state index is 0.163. The van der Waals surface area contributed by atoms with Crippen molar-refractivity contribution >= 4 is 28.5 Å². The molecule has 0 spiro atoms. The Morgan fingerprint density at radius 1 is 1.03 bits per heavy atom. The molecule has 0 saturated heterocycles. The first-order chi connectivity index (χ1) is 14.1. The zero-order chi connectivity index (χ0) is 20.2. The summed E-state index contributed by atoms with van der Waals surface area (Å²) in [5.41, 5.74) is 2.53. The van der Waals surface area contributed by atoms with Crippen LogP contribution in [-0.2, 0) is 11.2 Å². The number of hydrogen-bond donors (Lipinski definition) is 3. The smallest absolute Gasteiger partial charge is 0.257 e. The molecule has 5 nitrogen and oxygen atoms in total. The van der Waals surface area contributed by atoms with Gasteiger partial charge < -0.3 is 16.0 Å². The second kappa shape index (κ2) is 8.10. The summed E-state index contributed by atoms with van der Waals surface area (Å²) in [6.07, 6.45) is 3.78. The van der Waals surface area contributed by atoms with E-state index in [1.807, 2.05) is 18.2 Å². The number of amides is 1. The molecule has 0 unspecified atom stereocenters. The molecule has 0 saturated carbocycles. The van der Waals surface area contributed by atoms with Gasteiger partial charge in [0.05, 0.1) is 16.9 Å². The minimum atomic E-state index is -0.493. The molecule has 0 aliphatic carbocycles. The molecular weight excluding hydrogens is 374 g/mol. The highest BCUT2D eigenvalue weighted by Crippen LogP contribution is 2.33. The maximum Gasteiger partial charge on any atom is 0.257 e. The van der Waals surface area contributed by atoms with Gasteiger partial charge in [0.25, 0.3) is 5.91 Å². The van der Waals surface area contributed by atoms with Crippen molar-refractivity contribution in [3.8, 4) is 0 Å². The van der Waals surface area contributed by atoms with Crippen molar-refractivity contribution in [2.45, 2.75) is 6.42 Å². The van der Waals surface area contributed by atoms with Gasteiger partial charge in [-0.15, -0.1) is 0 Å². The molecular formula is C22H18F2N4O. The lowest BCUT2D eigenvalue weighted by Gasteiger charge is -2.09. The number of carbonyl (C=O) groups is 1. The molecule has 3 N–H and O–H groups in total. The highest BCUT2D eigenvalue weighted by molar-refractivity contribution is 6.31. The van der Waals surface area contributed by atoms with Crippen molar-refractivity contribution in [2.24, 2.45) is 0 Å². The highest BCUT2D eigenvalue weighted by atomic mass is 19.1. The molecule has 1 aliphatic heterocycles. The molecule has 1 aromatic heterocycles. The fourth-order valence-corrected chi connectivity index (χ4v) is 3.12. The number of hydrogen-bond acceptors (Lipinski definition) is 4. The Balaban J connectivity index is 1.43. The zero-order valence-electron chi connectivity index (χ0n) is 15.4. The van der Waals surface area contributed by atoms with Crippen LogP contribution in [0.3, 0.4) is 0 Å². The molecule has 0 bridgehead atoms. The number of pyridine rings is 1. The molecule has 3 aromatic rings. The molecule has 0 atom stereocenters. The van der Waals surface area contributed by atoms with Crippen LogP contribution in [0, 0.1) is 11.6 Å². The molecule has 0 fully saturated rings.